The third kappa shape index (κ3) is 2.24. The van der Waals surface area contributed by atoms with E-state index in [1.807, 2.05) is 6.07 Å². The Morgan fingerprint density at radius 3 is 2.47 bits per heavy atom. The molecule has 0 saturated heterocycles. The number of alkyl halides is 2. The molecule has 3 heteroatoms. The van der Waals surface area contributed by atoms with Crippen LogP contribution in [0.4, 0.5) is 8.78 Å². The highest BCUT2D eigenvalue weighted by Gasteiger charge is 2.71. The molecule has 1 aliphatic carbocycles. The van der Waals surface area contributed by atoms with Crippen molar-refractivity contribution < 1.29 is 8.78 Å². The van der Waals surface area contributed by atoms with E-state index in [0.717, 1.165) is 12.8 Å². The lowest BCUT2D eigenvalue weighted by Gasteiger charge is -2.11. The van der Waals surface area contributed by atoms with Gasteiger partial charge in [-0.05, 0) is 12.0 Å². The molecule has 1 aromatic carbocycles. The number of benzene rings is 1. The Labute approximate surface area is 101 Å². The minimum absolute atomic E-state index is 0.111. The van der Waals surface area contributed by atoms with E-state index in [1.165, 1.54) is 6.21 Å². The molecule has 92 valence electrons. The van der Waals surface area contributed by atoms with Gasteiger partial charge >= 0.3 is 0 Å². The van der Waals surface area contributed by atoms with Crippen LogP contribution >= 0.6 is 0 Å². The maximum Gasteiger partial charge on any atom is 0.264 e. The SMILES string of the molecule is CCCCN=CC1(c2ccccc2)CC1(F)F. The first-order chi connectivity index (χ1) is 8.12. The van der Waals surface area contributed by atoms with E-state index in [1.54, 1.807) is 24.3 Å². The third-order valence-corrected chi connectivity index (χ3v) is 3.27. The van der Waals surface area contributed by atoms with Crippen molar-refractivity contribution in [3.05, 3.63) is 35.9 Å². The topological polar surface area (TPSA) is 12.4 Å². The molecular formula is C14H17F2N. The van der Waals surface area contributed by atoms with Crippen molar-refractivity contribution in [2.24, 2.45) is 4.99 Å². The summed E-state index contributed by atoms with van der Waals surface area (Å²) in [6.45, 7) is 2.70. The number of hydrogen-bond donors (Lipinski definition) is 0. The molecule has 0 amide bonds. The number of rotatable bonds is 5. The molecule has 0 aliphatic heterocycles. The van der Waals surface area contributed by atoms with Gasteiger partial charge in [0.2, 0.25) is 0 Å². The van der Waals surface area contributed by atoms with Gasteiger partial charge in [-0.15, -0.1) is 0 Å². The fourth-order valence-electron chi connectivity index (χ4n) is 2.04. The lowest BCUT2D eigenvalue weighted by molar-refractivity contribution is 0.103. The van der Waals surface area contributed by atoms with Gasteiger partial charge < -0.3 is 0 Å². The Balaban J connectivity index is 2.16. The van der Waals surface area contributed by atoms with Crippen molar-refractivity contribution in [3.63, 3.8) is 0 Å². The Hall–Kier alpha value is -1.25. The van der Waals surface area contributed by atoms with Gasteiger partial charge in [0, 0.05) is 19.2 Å². The molecule has 1 fully saturated rings. The number of halogens is 2. The van der Waals surface area contributed by atoms with E-state index < -0.39 is 11.3 Å². The average Bonchev–Trinajstić information content (AvgIpc) is 2.90. The molecule has 0 spiro atoms. The summed E-state index contributed by atoms with van der Waals surface area (Å²) in [6, 6.07) is 8.95. The molecule has 1 aliphatic rings. The quantitative estimate of drug-likeness (QED) is 0.545. The molecule has 0 bridgehead atoms. The van der Waals surface area contributed by atoms with Crippen LogP contribution in [0.5, 0.6) is 0 Å². The van der Waals surface area contributed by atoms with Crippen molar-refractivity contribution in [1.29, 1.82) is 0 Å². The lowest BCUT2D eigenvalue weighted by atomic mass is 9.97. The van der Waals surface area contributed by atoms with Crippen LogP contribution in [0.25, 0.3) is 0 Å². The minimum Gasteiger partial charge on any atom is -0.296 e. The summed E-state index contributed by atoms with van der Waals surface area (Å²) in [5.74, 6) is -2.63. The molecule has 2 rings (SSSR count). The highest BCUT2D eigenvalue weighted by molar-refractivity contribution is 5.81. The van der Waals surface area contributed by atoms with Crippen molar-refractivity contribution in [2.75, 3.05) is 6.54 Å². The molecule has 0 aromatic heterocycles. The van der Waals surface area contributed by atoms with Gasteiger partial charge in [0.25, 0.3) is 5.92 Å². The molecule has 1 aromatic rings. The van der Waals surface area contributed by atoms with E-state index in [4.69, 9.17) is 0 Å². The lowest BCUT2D eigenvalue weighted by Crippen LogP contribution is -2.18. The first-order valence-electron chi connectivity index (χ1n) is 6.07. The summed E-state index contributed by atoms with van der Waals surface area (Å²) >= 11 is 0. The first kappa shape index (κ1) is 12.2. The van der Waals surface area contributed by atoms with Gasteiger partial charge in [0.1, 0.15) is 0 Å². The van der Waals surface area contributed by atoms with Gasteiger partial charge in [0.15, 0.2) is 0 Å². The summed E-state index contributed by atoms with van der Waals surface area (Å²) < 4.78 is 27.1. The molecule has 1 saturated carbocycles. The summed E-state index contributed by atoms with van der Waals surface area (Å²) in [6.07, 6.45) is 3.34. The first-order valence-corrected chi connectivity index (χ1v) is 6.07. The molecule has 0 heterocycles. The fraction of sp³-hybridized carbons (Fsp3) is 0.500. The van der Waals surface area contributed by atoms with Crippen LogP contribution in [0, 0.1) is 0 Å². The zero-order chi connectivity index (χ0) is 12.4. The predicted molar refractivity (Wildman–Crippen MR) is 66.0 cm³/mol. The second-order valence-electron chi connectivity index (χ2n) is 4.61. The van der Waals surface area contributed by atoms with Crippen molar-refractivity contribution >= 4 is 6.21 Å². The molecule has 0 N–H and O–H groups in total. The number of aliphatic imine (C=N–C) groups is 1. The average molecular weight is 237 g/mol. The van der Waals surface area contributed by atoms with Gasteiger partial charge in [-0.2, -0.15) is 0 Å². The fourth-order valence-corrected chi connectivity index (χ4v) is 2.04. The van der Waals surface area contributed by atoms with Gasteiger partial charge in [-0.25, -0.2) is 8.78 Å². The summed E-state index contributed by atoms with van der Waals surface area (Å²) in [5, 5.41) is 0. The van der Waals surface area contributed by atoms with Crippen molar-refractivity contribution in [1.82, 2.24) is 0 Å². The van der Waals surface area contributed by atoms with E-state index in [9.17, 15) is 8.78 Å². The zero-order valence-corrected chi connectivity index (χ0v) is 10.00. The Bertz CT molecular complexity index is 400. The zero-order valence-electron chi connectivity index (χ0n) is 10.00. The number of hydrogen-bond acceptors (Lipinski definition) is 1. The molecular weight excluding hydrogens is 220 g/mol. The smallest absolute Gasteiger partial charge is 0.264 e. The maximum absolute atomic E-state index is 13.6. The standard InChI is InChI=1S/C14H17F2N/c1-2-3-9-17-11-13(10-14(13,15)16)12-7-5-4-6-8-12/h4-8,11H,2-3,9-10H2,1H3. The Morgan fingerprint density at radius 2 is 1.94 bits per heavy atom. The van der Waals surface area contributed by atoms with Gasteiger partial charge in [-0.3, -0.25) is 4.99 Å². The second kappa shape index (κ2) is 4.55. The second-order valence-corrected chi connectivity index (χ2v) is 4.61. The van der Waals surface area contributed by atoms with Crippen LogP contribution < -0.4 is 0 Å². The van der Waals surface area contributed by atoms with Crippen LogP contribution in [-0.4, -0.2) is 18.7 Å². The Morgan fingerprint density at radius 1 is 1.29 bits per heavy atom. The van der Waals surface area contributed by atoms with E-state index >= 15 is 0 Å². The van der Waals surface area contributed by atoms with Crippen molar-refractivity contribution in [2.45, 2.75) is 37.5 Å². The van der Waals surface area contributed by atoms with Crippen LogP contribution in [0.1, 0.15) is 31.7 Å². The van der Waals surface area contributed by atoms with E-state index in [-0.39, 0.29) is 6.42 Å². The van der Waals surface area contributed by atoms with Crippen LogP contribution in [0.2, 0.25) is 0 Å². The maximum atomic E-state index is 13.6. The molecule has 1 unspecified atom stereocenters. The highest BCUT2D eigenvalue weighted by Crippen LogP contribution is 2.60. The van der Waals surface area contributed by atoms with E-state index in [2.05, 4.69) is 11.9 Å². The summed E-state index contributed by atoms with van der Waals surface area (Å²) in [7, 11) is 0. The highest BCUT2D eigenvalue weighted by atomic mass is 19.3. The van der Waals surface area contributed by atoms with Gasteiger partial charge in [-0.1, -0.05) is 43.7 Å². The van der Waals surface area contributed by atoms with Crippen LogP contribution in [0.3, 0.4) is 0 Å². The van der Waals surface area contributed by atoms with Crippen LogP contribution in [0.15, 0.2) is 35.3 Å². The molecule has 1 nitrogen and oxygen atoms in total. The molecule has 1 atom stereocenters. The molecule has 0 radical (unpaired) electrons. The normalized spacial score (nSPS) is 26.3. The van der Waals surface area contributed by atoms with E-state index in [0.29, 0.717) is 12.1 Å². The number of nitrogens with zero attached hydrogens (tertiary/aromatic N) is 1. The largest absolute Gasteiger partial charge is 0.296 e. The van der Waals surface area contributed by atoms with Crippen molar-refractivity contribution in [3.8, 4) is 0 Å². The molecule has 17 heavy (non-hydrogen) atoms. The Kier molecular flexibility index (Phi) is 3.27. The minimum atomic E-state index is -2.63. The summed E-state index contributed by atoms with van der Waals surface area (Å²) in [4.78, 5) is 4.16. The predicted octanol–water partition coefficient (Wildman–Crippen LogP) is 3.83. The van der Waals surface area contributed by atoms with Crippen LogP contribution in [-0.2, 0) is 5.41 Å². The summed E-state index contributed by atoms with van der Waals surface area (Å²) in [5.41, 5.74) is -0.465. The van der Waals surface area contributed by atoms with Gasteiger partial charge in [0.05, 0.1) is 5.41 Å². The number of unbranched alkanes of at least 4 members (excludes halogenated alkanes) is 1. The monoisotopic (exact) mass is 237 g/mol. The third-order valence-electron chi connectivity index (χ3n) is 3.27.